The van der Waals surface area contributed by atoms with Crippen LogP contribution >= 0.6 is 11.3 Å². The number of carboxylic acid groups (broad SMARTS) is 1. The van der Waals surface area contributed by atoms with Crippen LogP contribution in [0, 0.1) is 12.8 Å². The van der Waals surface area contributed by atoms with Crippen molar-refractivity contribution in [2.45, 2.75) is 33.2 Å². The van der Waals surface area contributed by atoms with Crippen LogP contribution in [0.2, 0.25) is 0 Å². The number of aliphatic carboxylic acids is 1. The molecule has 1 amide bonds. The summed E-state index contributed by atoms with van der Waals surface area (Å²) in [5.41, 5.74) is 3.84. The molecule has 38 heavy (non-hydrogen) atoms. The second-order valence-electron chi connectivity index (χ2n) is 9.29. The predicted molar refractivity (Wildman–Crippen MR) is 148 cm³/mol. The fraction of sp³-hybridized carbons (Fsp3) is 0.300. The number of nitrogens with zero attached hydrogens (tertiary/aromatic N) is 2. The lowest BCUT2D eigenvalue weighted by Gasteiger charge is -2.21. The molecule has 0 aliphatic heterocycles. The fourth-order valence-electron chi connectivity index (χ4n) is 4.00. The Labute approximate surface area is 227 Å². The van der Waals surface area contributed by atoms with E-state index in [0.717, 1.165) is 33.8 Å². The number of carbonyl (C=O) groups is 2. The highest BCUT2D eigenvalue weighted by atomic mass is 32.1. The van der Waals surface area contributed by atoms with Crippen LogP contribution in [0.4, 0.5) is 4.79 Å². The SMILES string of the molecule is Cc1sc(-c2ccccc2)nc1CCOc1ccc(CN(CC(=O)O)C(=O)OCC2=CCC(C)C=C2)cc1. The number of ether oxygens (including phenoxy) is 2. The number of benzene rings is 2. The smallest absolute Gasteiger partial charge is 0.410 e. The van der Waals surface area contributed by atoms with Gasteiger partial charge in [-0.05, 0) is 42.5 Å². The van der Waals surface area contributed by atoms with Crippen molar-refractivity contribution in [3.8, 4) is 16.3 Å². The molecule has 0 saturated carbocycles. The molecule has 3 aromatic rings. The number of aromatic nitrogens is 1. The van der Waals surface area contributed by atoms with Crippen LogP contribution in [-0.2, 0) is 22.5 Å². The van der Waals surface area contributed by atoms with Crippen molar-refractivity contribution >= 4 is 23.4 Å². The summed E-state index contributed by atoms with van der Waals surface area (Å²) in [4.78, 5) is 31.1. The average molecular weight is 533 g/mol. The molecule has 1 N–H and O–H groups in total. The summed E-state index contributed by atoms with van der Waals surface area (Å²) in [5.74, 6) is 0.0663. The molecular weight excluding hydrogens is 500 g/mol. The highest BCUT2D eigenvalue weighted by Gasteiger charge is 2.19. The Kier molecular flexibility index (Phi) is 9.32. The van der Waals surface area contributed by atoms with Gasteiger partial charge in [0.15, 0.2) is 0 Å². The number of carbonyl (C=O) groups excluding carboxylic acids is 1. The van der Waals surface area contributed by atoms with Gasteiger partial charge in [-0.15, -0.1) is 11.3 Å². The summed E-state index contributed by atoms with van der Waals surface area (Å²) in [6.07, 6.45) is 6.99. The second-order valence-corrected chi connectivity index (χ2v) is 10.5. The van der Waals surface area contributed by atoms with Crippen LogP contribution in [0.25, 0.3) is 10.6 Å². The third-order valence-corrected chi connectivity index (χ3v) is 7.22. The van der Waals surface area contributed by atoms with Gasteiger partial charge in [0.05, 0.1) is 12.3 Å². The van der Waals surface area contributed by atoms with E-state index in [4.69, 9.17) is 14.5 Å². The van der Waals surface area contributed by atoms with Gasteiger partial charge in [-0.25, -0.2) is 9.78 Å². The Morgan fingerprint density at radius 1 is 1.13 bits per heavy atom. The summed E-state index contributed by atoms with van der Waals surface area (Å²) in [7, 11) is 0. The van der Waals surface area contributed by atoms with E-state index in [9.17, 15) is 14.7 Å². The maximum atomic E-state index is 12.6. The summed E-state index contributed by atoms with van der Waals surface area (Å²) in [6, 6.07) is 17.4. The lowest BCUT2D eigenvalue weighted by molar-refractivity contribution is -0.138. The van der Waals surface area contributed by atoms with Gasteiger partial charge in [0, 0.05) is 23.4 Å². The van der Waals surface area contributed by atoms with Gasteiger partial charge in [-0.1, -0.05) is 67.6 Å². The molecule has 8 heteroatoms. The fourth-order valence-corrected chi connectivity index (χ4v) is 4.97. The Morgan fingerprint density at radius 2 is 1.89 bits per heavy atom. The first-order valence-electron chi connectivity index (χ1n) is 12.6. The van der Waals surface area contributed by atoms with Gasteiger partial charge in [-0.3, -0.25) is 9.69 Å². The van der Waals surface area contributed by atoms with Gasteiger partial charge < -0.3 is 14.6 Å². The minimum atomic E-state index is -1.10. The van der Waals surface area contributed by atoms with E-state index >= 15 is 0 Å². The molecule has 1 atom stereocenters. The van der Waals surface area contributed by atoms with E-state index in [1.54, 1.807) is 11.3 Å². The first-order valence-corrected chi connectivity index (χ1v) is 13.4. The maximum absolute atomic E-state index is 12.6. The lowest BCUT2D eigenvalue weighted by atomic mass is 9.99. The van der Waals surface area contributed by atoms with E-state index in [0.29, 0.717) is 24.7 Å². The molecule has 1 aromatic heterocycles. The molecule has 2 aromatic carbocycles. The number of amides is 1. The molecule has 0 radical (unpaired) electrons. The molecule has 198 valence electrons. The van der Waals surface area contributed by atoms with E-state index in [1.165, 1.54) is 9.78 Å². The number of rotatable bonds is 11. The van der Waals surface area contributed by atoms with Gasteiger partial charge in [-0.2, -0.15) is 0 Å². The molecule has 1 heterocycles. The van der Waals surface area contributed by atoms with Crippen LogP contribution in [0.15, 0.2) is 78.4 Å². The van der Waals surface area contributed by atoms with E-state index in [2.05, 4.69) is 32.1 Å². The average Bonchev–Trinajstić information content (AvgIpc) is 3.29. The van der Waals surface area contributed by atoms with Gasteiger partial charge >= 0.3 is 12.1 Å². The molecule has 1 unspecified atom stereocenters. The standard InChI is InChI=1S/C30H32N2O5S/c1-21-8-10-24(11-9-21)20-37-30(35)32(19-28(33)34)18-23-12-14-26(15-13-23)36-17-16-27-22(2)38-29(31-27)25-6-4-3-5-7-25/h3-8,10-15,21H,9,16-20H2,1-2H3,(H,33,34). The zero-order valence-corrected chi connectivity index (χ0v) is 22.4. The third kappa shape index (κ3) is 7.79. The van der Waals surface area contributed by atoms with E-state index < -0.39 is 18.6 Å². The van der Waals surface area contributed by atoms with Crippen LogP contribution in [-0.4, -0.2) is 46.8 Å². The molecule has 7 nitrogen and oxygen atoms in total. The van der Waals surface area contributed by atoms with Crippen molar-refractivity contribution in [1.29, 1.82) is 0 Å². The summed E-state index contributed by atoms with van der Waals surface area (Å²) >= 11 is 1.68. The van der Waals surface area contributed by atoms with Crippen molar-refractivity contribution in [3.05, 3.63) is 94.5 Å². The summed E-state index contributed by atoms with van der Waals surface area (Å²) in [6.45, 7) is 4.48. The van der Waals surface area contributed by atoms with Crippen molar-refractivity contribution < 1.29 is 24.2 Å². The third-order valence-electron chi connectivity index (χ3n) is 6.16. The molecule has 1 aliphatic rings. The van der Waals surface area contributed by atoms with Crippen LogP contribution in [0.5, 0.6) is 5.75 Å². The molecule has 0 bridgehead atoms. The van der Waals surface area contributed by atoms with Gasteiger partial charge in [0.2, 0.25) is 0 Å². The quantitative estimate of drug-likeness (QED) is 0.312. The molecule has 0 saturated heterocycles. The zero-order chi connectivity index (χ0) is 26.9. The predicted octanol–water partition coefficient (Wildman–Crippen LogP) is 6.29. The summed E-state index contributed by atoms with van der Waals surface area (Å²) < 4.78 is 11.3. The Balaban J connectivity index is 1.28. The molecule has 0 fully saturated rings. The number of allylic oxidation sites excluding steroid dienone is 2. The zero-order valence-electron chi connectivity index (χ0n) is 21.6. The minimum Gasteiger partial charge on any atom is -0.493 e. The van der Waals surface area contributed by atoms with Crippen molar-refractivity contribution in [1.82, 2.24) is 9.88 Å². The first-order chi connectivity index (χ1) is 18.4. The Bertz CT molecular complexity index is 1300. The maximum Gasteiger partial charge on any atom is 0.410 e. The number of aryl methyl sites for hydroxylation is 1. The van der Waals surface area contributed by atoms with Gasteiger partial charge in [0.1, 0.15) is 23.9 Å². The lowest BCUT2D eigenvalue weighted by Crippen LogP contribution is -2.36. The topological polar surface area (TPSA) is 89.0 Å². The second kappa shape index (κ2) is 13.1. The van der Waals surface area contributed by atoms with Crippen molar-refractivity contribution in [3.63, 3.8) is 0 Å². The van der Waals surface area contributed by atoms with Crippen LogP contribution in [0.3, 0.4) is 0 Å². The molecule has 1 aliphatic carbocycles. The number of carboxylic acids is 1. The number of hydrogen-bond acceptors (Lipinski definition) is 6. The molecule has 4 rings (SSSR count). The number of thiazole rings is 1. The Morgan fingerprint density at radius 3 is 2.58 bits per heavy atom. The largest absolute Gasteiger partial charge is 0.493 e. The normalized spacial score (nSPS) is 14.6. The van der Waals surface area contributed by atoms with Crippen molar-refractivity contribution in [2.75, 3.05) is 19.8 Å². The number of hydrogen-bond donors (Lipinski definition) is 1. The van der Waals surface area contributed by atoms with Gasteiger partial charge in [0.25, 0.3) is 0 Å². The minimum absolute atomic E-state index is 0.121. The van der Waals surface area contributed by atoms with Crippen LogP contribution < -0.4 is 4.74 Å². The van der Waals surface area contributed by atoms with E-state index in [1.807, 2.05) is 54.6 Å². The summed E-state index contributed by atoms with van der Waals surface area (Å²) in [5, 5.41) is 10.3. The molecular formula is C30H32N2O5S. The molecule has 0 spiro atoms. The van der Waals surface area contributed by atoms with Crippen molar-refractivity contribution in [2.24, 2.45) is 5.92 Å². The highest BCUT2D eigenvalue weighted by molar-refractivity contribution is 7.15. The monoisotopic (exact) mass is 532 g/mol. The van der Waals surface area contributed by atoms with E-state index in [-0.39, 0.29) is 13.2 Å². The highest BCUT2D eigenvalue weighted by Crippen LogP contribution is 2.28. The first kappa shape index (κ1) is 27.1. The van der Waals surface area contributed by atoms with Crippen LogP contribution in [0.1, 0.15) is 29.5 Å². The Hall–Kier alpha value is -3.91.